The molecule has 0 fully saturated rings. The molecule has 4 nitrogen and oxygen atoms in total. The Hall–Kier alpha value is -2.39. The number of rotatable bonds is 3. The fourth-order valence-corrected chi connectivity index (χ4v) is 4.37. The van der Waals surface area contributed by atoms with Crippen LogP contribution in [0.15, 0.2) is 41.9 Å². The smallest absolute Gasteiger partial charge is 0.345 e. The summed E-state index contributed by atoms with van der Waals surface area (Å²) in [6, 6.07) is 6.16. The molecule has 1 amide bonds. The molecule has 1 N–H and O–H groups in total. The van der Waals surface area contributed by atoms with Gasteiger partial charge in [0.05, 0.1) is 22.0 Å². The van der Waals surface area contributed by atoms with Gasteiger partial charge in [-0.15, -0.1) is 22.7 Å². The van der Waals surface area contributed by atoms with Crippen molar-refractivity contribution in [3.05, 3.63) is 57.9 Å². The molecule has 0 aliphatic carbocycles. The number of thiazole rings is 1. The van der Waals surface area contributed by atoms with E-state index in [9.17, 15) is 18.0 Å². The van der Waals surface area contributed by atoms with Gasteiger partial charge in [-0.05, 0) is 30.7 Å². The number of thiophene rings is 1. The van der Waals surface area contributed by atoms with E-state index in [4.69, 9.17) is 0 Å². The van der Waals surface area contributed by atoms with E-state index in [1.165, 1.54) is 34.8 Å². The summed E-state index contributed by atoms with van der Waals surface area (Å²) in [7, 11) is 0. The molecule has 1 aromatic carbocycles. The molecule has 4 rings (SSSR count). The summed E-state index contributed by atoms with van der Waals surface area (Å²) in [5.74, 6) is -0.274. The topological polar surface area (TPSA) is 46.4 Å². The minimum atomic E-state index is -4.37. The molecule has 9 heteroatoms. The Labute approximate surface area is 153 Å². The second-order valence-electron chi connectivity index (χ2n) is 5.78. The number of hydrogen-bond donors (Lipinski definition) is 1. The summed E-state index contributed by atoms with van der Waals surface area (Å²) in [6.07, 6.45) is -2.47. The molecule has 0 radical (unpaired) electrons. The predicted molar refractivity (Wildman–Crippen MR) is 95.8 cm³/mol. The minimum absolute atomic E-state index is 0.274. The van der Waals surface area contributed by atoms with Gasteiger partial charge >= 0.3 is 6.18 Å². The number of benzene rings is 1. The van der Waals surface area contributed by atoms with Crippen molar-refractivity contribution >= 4 is 43.9 Å². The third-order valence-corrected chi connectivity index (χ3v) is 5.82. The standard InChI is InChI=1S/C17H12F3N3OS2/c1-9(10-2-4-11(5-3-10)17(18,19)20)21-14(24)13-8-12-15(26-13)22-16-23(12)6-7-25-16/h2-9H,1H3,(H,21,24). The number of carbonyl (C=O) groups excluding carboxylic acids is 1. The van der Waals surface area contributed by atoms with Gasteiger partial charge in [-0.2, -0.15) is 13.2 Å². The third kappa shape index (κ3) is 2.97. The molecule has 3 aromatic heterocycles. The van der Waals surface area contributed by atoms with Gasteiger partial charge < -0.3 is 5.32 Å². The highest BCUT2D eigenvalue weighted by Crippen LogP contribution is 2.31. The van der Waals surface area contributed by atoms with Crippen molar-refractivity contribution in [1.82, 2.24) is 14.7 Å². The maximum absolute atomic E-state index is 12.6. The van der Waals surface area contributed by atoms with Crippen molar-refractivity contribution in [1.29, 1.82) is 0 Å². The Morgan fingerprint density at radius 2 is 2.00 bits per heavy atom. The number of halogens is 3. The lowest BCUT2D eigenvalue weighted by Crippen LogP contribution is -2.25. The van der Waals surface area contributed by atoms with Gasteiger partial charge in [0.25, 0.3) is 5.91 Å². The van der Waals surface area contributed by atoms with Crippen LogP contribution in [-0.4, -0.2) is 15.3 Å². The van der Waals surface area contributed by atoms with E-state index < -0.39 is 17.8 Å². The molecule has 0 spiro atoms. The molecule has 1 unspecified atom stereocenters. The van der Waals surface area contributed by atoms with Crippen LogP contribution in [0.2, 0.25) is 0 Å². The monoisotopic (exact) mass is 395 g/mol. The van der Waals surface area contributed by atoms with Crippen LogP contribution in [0.25, 0.3) is 15.3 Å². The number of amides is 1. The zero-order valence-corrected chi connectivity index (χ0v) is 15.0. The van der Waals surface area contributed by atoms with E-state index in [1.54, 1.807) is 13.0 Å². The van der Waals surface area contributed by atoms with Crippen molar-refractivity contribution in [2.75, 3.05) is 0 Å². The lowest BCUT2D eigenvalue weighted by molar-refractivity contribution is -0.137. The van der Waals surface area contributed by atoms with Gasteiger partial charge in [0.15, 0.2) is 4.96 Å². The summed E-state index contributed by atoms with van der Waals surface area (Å²) in [5, 5.41) is 4.74. The first-order valence-corrected chi connectivity index (χ1v) is 9.35. The number of fused-ring (bicyclic) bond motifs is 3. The van der Waals surface area contributed by atoms with Gasteiger partial charge in [0.2, 0.25) is 0 Å². The lowest BCUT2D eigenvalue weighted by atomic mass is 10.1. The Kier molecular flexibility index (Phi) is 4.00. The summed E-state index contributed by atoms with van der Waals surface area (Å²) in [4.78, 5) is 19.1. The molecule has 0 saturated heterocycles. The highest BCUT2D eigenvalue weighted by Gasteiger charge is 2.30. The molecule has 3 heterocycles. The largest absolute Gasteiger partial charge is 0.416 e. The predicted octanol–water partition coefficient (Wildman–Crippen LogP) is 5.12. The van der Waals surface area contributed by atoms with Crippen LogP contribution >= 0.6 is 22.7 Å². The molecule has 4 aromatic rings. The van der Waals surface area contributed by atoms with E-state index in [0.29, 0.717) is 10.4 Å². The number of alkyl halides is 3. The number of imidazole rings is 1. The fourth-order valence-electron chi connectivity index (χ4n) is 2.67. The molecule has 0 aliphatic rings. The van der Waals surface area contributed by atoms with Crippen LogP contribution in [0.5, 0.6) is 0 Å². The van der Waals surface area contributed by atoms with Gasteiger partial charge in [0, 0.05) is 11.6 Å². The first-order chi connectivity index (χ1) is 12.3. The molecular formula is C17H12F3N3OS2. The van der Waals surface area contributed by atoms with Gasteiger partial charge in [0.1, 0.15) is 4.83 Å². The maximum atomic E-state index is 12.6. The lowest BCUT2D eigenvalue weighted by Gasteiger charge is -2.15. The summed E-state index contributed by atoms with van der Waals surface area (Å²) >= 11 is 2.81. The van der Waals surface area contributed by atoms with Crippen molar-refractivity contribution in [2.45, 2.75) is 19.1 Å². The zero-order chi connectivity index (χ0) is 18.5. The molecular weight excluding hydrogens is 383 g/mol. The molecule has 1 atom stereocenters. The number of nitrogens with one attached hydrogen (secondary N) is 1. The van der Waals surface area contributed by atoms with Crippen molar-refractivity contribution in [3.8, 4) is 0 Å². The van der Waals surface area contributed by atoms with Crippen LogP contribution in [0.1, 0.15) is 33.8 Å². The number of nitrogens with zero attached hydrogens (tertiary/aromatic N) is 2. The Balaban J connectivity index is 1.52. The molecule has 0 bridgehead atoms. The van der Waals surface area contributed by atoms with E-state index in [2.05, 4.69) is 10.3 Å². The normalized spacial score (nSPS) is 13.4. The number of aromatic nitrogens is 2. The number of carbonyl (C=O) groups is 1. The van der Waals surface area contributed by atoms with E-state index >= 15 is 0 Å². The molecule has 26 heavy (non-hydrogen) atoms. The summed E-state index contributed by atoms with van der Waals surface area (Å²) in [5.41, 5.74) is 0.771. The second kappa shape index (κ2) is 6.10. The van der Waals surface area contributed by atoms with Crippen LogP contribution in [0.4, 0.5) is 13.2 Å². The SMILES string of the molecule is CC(NC(=O)c1cc2c(nc3sccn32)s1)c1ccc(C(F)(F)F)cc1. The first-order valence-electron chi connectivity index (χ1n) is 7.66. The third-order valence-electron chi connectivity index (χ3n) is 4.05. The van der Waals surface area contributed by atoms with Gasteiger partial charge in [-0.25, -0.2) is 4.98 Å². The van der Waals surface area contributed by atoms with Crippen molar-refractivity contribution < 1.29 is 18.0 Å². The van der Waals surface area contributed by atoms with Crippen molar-refractivity contribution in [3.63, 3.8) is 0 Å². The van der Waals surface area contributed by atoms with Gasteiger partial charge in [-0.1, -0.05) is 12.1 Å². The Bertz CT molecular complexity index is 1090. The average molecular weight is 395 g/mol. The Morgan fingerprint density at radius 3 is 2.69 bits per heavy atom. The quantitative estimate of drug-likeness (QED) is 0.523. The Morgan fingerprint density at radius 1 is 1.27 bits per heavy atom. The molecule has 0 aliphatic heterocycles. The zero-order valence-electron chi connectivity index (χ0n) is 13.4. The highest BCUT2D eigenvalue weighted by molar-refractivity contribution is 7.21. The maximum Gasteiger partial charge on any atom is 0.416 e. The van der Waals surface area contributed by atoms with Crippen LogP contribution < -0.4 is 5.32 Å². The molecule has 0 saturated carbocycles. The average Bonchev–Trinajstić information content (AvgIpc) is 3.25. The van der Waals surface area contributed by atoms with E-state index in [0.717, 1.165) is 27.4 Å². The summed E-state index contributed by atoms with van der Waals surface area (Å²) < 4.78 is 39.8. The summed E-state index contributed by atoms with van der Waals surface area (Å²) in [6.45, 7) is 1.73. The van der Waals surface area contributed by atoms with E-state index in [-0.39, 0.29) is 5.91 Å². The fraction of sp³-hybridized carbons (Fsp3) is 0.176. The number of hydrogen-bond acceptors (Lipinski definition) is 4. The minimum Gasteiger partial charge on any atom is -0.345 e. The van der Waals surface area contributed by atoms with Crippen LogP contribution in [0, 0.1) is 0 Å². The second-order valence-corrected chi connectivity index (χ2v) is 7.69. The molecule has 134 valence electrons. The van der Waals surface area contributed by atoms with E-state index in [1.807, 2.05) is 16.0 Å². The first kappa shape index (κ1) is 17.0. The van der Waals surface area contributed by atoms with Crippen LogP contribution in [-0.2, 0) is 6.18 Å². The highest BCUT2D eigenvalue weighted by atomic mass is 32.1. The van der Waals surface area contributed by atoms with Crippen molar-refractivity contribution in [2.24, 2.45) is 0 Å². The van der Waals surface area contributed by atoms with Gasteiger partial charge in [-0.3, -0.25) is 9.20 Å². The van der Waals surface area contributed by atoms with Crippen LogP contribution in [0.3, 0.4) is 0 Å².